The van der Waals surface area contributed by atoms with Crippen LogP contribution in [0.5, 0.6) is 5.75 Å². The molecule has 0 heterocycles. The van der Waals surface area contributed by atoms with Gasteiger partial charge in [0.15, 0.2) is 0 Å². The van der Waals surface area contributed by atoms with Crippen LogP contribution in [0.15, 0.2) is 54.1 Å². The number of phenolic OH excluding ortho intramolecular Hbond substituents is 1. The lowest BCUT2D eigenvalue weighted by atomic mass is 9.89. The fraction of sp³-hybridized carbons (Fsp3) is 0.261. The van der Waals surface area contributed by atoms with Crippen LogP contribution in [-0.2, 0) is 4.79 Å². The fourth-order valence-corrected chi connectivity index (χ4v) is 3.59. The van der Waals surface area contributed by atoms with Crippen molar-refractivity contribution in [2.45, 2.75) is 38.5 Å². The van der Waals surface area contributed by atoms with E-state index >= 15 is 0 Å². The van der Waals surface area contributed by atoms with Crippen LogP contribution in [0, 0.1) is 5.82 Å². The molecule has 0 amide bonds. The van der Waals surface area contributed by atoms with Crippen molar-refractivity contribution in [2.75, 3.05) is 0 Å². The lowest BCUT2D eigenvalue weighted by Gasteiger charge is -2.16. The van der Waals surface area contributed by atoms with Crippen LogP contribution in [0.4, 0.5) is 4.39 Å². The molecule has 0 unspecified atom stereocenters. The molecule has 1 fully saturated rings. The van der Waals surface area contributed by atoms with Gasteiger partial charge in [0.2, 0.25) is 0 Å². The molecule has 140 valence electrons. The maximum absolute atomic E-state index is 14.6. The normalized spacial score (nSPS) is 14.9. The average molecular weight is 366 g/mol. The molecule has 1 aliphatic carbocycles. The van der Waals surface area contributed by atoms with Gasteiger partial charge in [0.25, 0.3) is 0 Å². The second kappa shape index (κ2) is 8.67. The monoisotopic (exact) mass is 366 g/mol. The minimum absolute atomic E-state index is 0.198. The van der Waals surface area contributed by atoms with Gasteiger partial charge in [0.05, 0.1) is 0 Å². The zero-order chi connectivity index (χ0) is 19.2. The lowest BCUT2D eigenvalue weighted by molar-refractivity contribution is -0.131. The summed E-state index contributed by atoms with van der Waals surface area (Å²) in [4.78, 5) is 10.7. The first-order valence-corrected chi connectivity index (χ1v) is 9.27. The fourth-order valence-electron chi connectivity index (χ4n) is 3.59. The van der Waals surface area contributed by atoms with Gasteiger partial charge in [-0.15, -0.1) is 0 Å². The smallest absolute Gasteiger partial charge is 0.328 e. The molecule has 0 radical (unpaired) electrons. The van der Waals surface area contributed by atoms with E-state index in [1.807, 2.05) is 18.2 Å². The Labute approximate surface area is 158 Å². The largest absolute Gasteiger partial charge is 0.508 e. The first-order chi connectivity index (χ1) is 13.0. The Bertz CT molecular complexity index is 869. The third kappa shape index (κ3) is 4.85. The Kier molecular flexibility index (Phi) is 6.07. The van der Waals surface area contributed by atoms with E-state index in [-0.39, 0.29) is 11.3 Å². The number of hydrogen-bond donors (Lipinski definition) is 2. The predicted molar refractivity (Wildman–Crippen MR) is 105 cm³/mol. The van der Waals surface area contributed by atoms with E-state index in [9.17, 15) is 14.3 Å². The minimum atomic E-state index is -1.11. The van der Waals surface area contributed by atoms with Crippen LogP contribution in [-0.4, -0.2) is 16.2 Å². The van der Waals surface area contributed by atoms with Crippen LogP contribution >= 0.6 is 0 Å². The molecule has 3 nitrogen and oxygen atoms in total. The summed E-state index contributed by atoms with van der Waals surface area (Å²) in [5, 5.41) is 18.4. The van der Waals surface area contributed by atoms with Crippen LogP contribution in [0.2, 0.25) is 0 Å². The molecule has 27 heavy (non-hydrogen) atoms. The Balaban J connectivity index is 2.07. The van der Waals surface area contributed by atoms with E-state index in [0.717, 1.165) is 48.5 Å². The Morgan fingerprint density at radius 1 is 0.926 bits per heavy atom. The van der Waals surface area contributed by atoms with Crippen LogP contribution in [0.1, 0.15) is 55.2 Å². The SMILES string of the molecule is O=C(O)C=Cc1ccc(C(=C2CCCCCC2)c2ccc(O)cc2)cc1F. The lowest BCUT2D eigenvalue weighted by Crippen LogP contribution is -1.97. The van der Waals surface area contributed by atoms with Crippen molar-refractivity contribution < 1.29 is 19.4 Å². The van der Waals surface area contributed by atoms with Gasteiger partial charge in [-0.3, -0.25) is 0 Å². The molecule has 0 spiro atoms. The van der Waals surface area contributed by atoms with Gasteiger partial charge in [0.1, 0.15) is 11.6 Å². The number of phenols is 1. The summed E-state index contributed by atoms with van der Waals surface area (Å²) >= 11 is 0. The van der Waals surface area contributed by atoms with Crippen LogP contribution in [0.25, 0.3) is 11.6 Å². The maximum atomic E-state index is 14.6. The number of carboxylic acids is 1. The second-order valence-electron chi connectivity index (χ2n) is 6.85. The highest BCUT2D eigenvalue weighted by Gasteiger charge is 2.15. The molecule has 0 aliphatic heterocycles. The summed E-state index contributed by atoms with van der Waals surface area (Å²) in [5.74, 6) is -1.36. The van der Waals surface area contributed by atoms with Crippen molar-refractivity contribution in [2.24, 2.45) is 0 Å². The van der Waals surface area contributed by atoms with Crippen molar-refractivity contribution in [3.8, 4) is 5.75 Å². The first-order valence-electron chi connectivity index (χ1n) is 9.27. The number of aliphatic carboxylic acids is 1. The molecule has 0 atom stereocenters. The van der Waals surface area contributed by atoms with E-state index in [0.29, 0.717) is 0 Å². The standard InChI is InChI=1S/C23H23FO3/c24-21-15-19(8-7-16(21)11-14-22(26)27)23(17-5-3-1-2-4-6-17)18-9-12-20(25)13-10-18/h7-15,25H,1-6H2,(H,26,27). The van der Waals surface area contributed by atoms with Crippen molar-refractivity contribution in [3.05, 3.63) is 76.6 Å². The molecule has 0 aromatic heterocycles. The summed E-state index contributed by atoms with van der Waals surface area (Å²) in [6.07, 6.45) is 8.83. The quantitative estimate of drug-likeness (QED) is 0.532. The van der Waals surface area contributed by atoms with Gasteiger partial charge >= 0.3 is 5.97 Å². The third-order valence-electron chi connectivity index (χ3n) is 4.91. The summed E-state index contributed by atoms with van der Waals surface area (Å²) in [7, 11) is 0. The van der Waals surface area contributed by atoms with Crippen molar-refractivity contribution in [1.29, 1.82) is 0 Å². The number of halogens is 1. The van der Waals surface area contributed by atoms with Crippen molar-refractivity contribution >= 4 is 17.6 Å². The van der Waals surface area contributed by atoms with E-state index in [1.54, 1.807) is 18.2 Å². The van der Waals surface area contributed by atoms with Crippen LogP contribution < -0.4 is 0 Å². The topological polar surface area (TPSA) is 57.5 Å². The summed E-state index contributed by atoms with van der Waals surface area (Å²) < 4.78 is 14.6. The number of carbonyl (C=O) groups is 1. The predicted octanol–water partition coefficient (Wildman–Crippen LogP) is 5.79. The Morgan fingerprint density at radius 3 is 2.15 bits per heavy atom. The molecular weight excluding hydrogens is 343 g/mol. The number of allylic oxidation sites excluding steroid dienone is 1. The number of rotatable bonds is 4. The number of carboxylic acid groups (broad SMARTS) is 1. The highest BCUT2D eigenvalue weighted by molar-refractivity contribution is 5.86. The van der Waals surface area contributed by atoms with Crippen molar-refractivity contribution in [1.82, 2.24) is 0 Å². The molecular formula is C23H23FO3. The Morgan fingerprint density at radius 2 is 1.56 bits per heavy atom. The molecule has 0 bridgehead atoms. The molecule has 2 N–H and O–H groups in total. The third-order valence-corrected chi connectivity index (χ3v) is 4.91. The van der Waals surface area contributed by atoms with Gasteiger partial charge in [-0.1, -0.05) is 42.7 Å². The van der Waals surface area contributed by atoms with Gasteiger partial charge in [-0.2, -0.15) is 0 Å². The highest BCUT2D eigenvalue weighted by Crippen LogP contribution is 2.35. The summed E-state index contributed by atoms with van der Waals surface area (Å²) in [6.45, 7) is 0. The highest BCUT2D eigenvalue weighted by atomic mass is 19.1. The Hall–Kier alpha value is -2.88. The molecule has 3 rings (SSSR count). The molecule has 0 saturated heterocycles. The van der Waals surface area contributed by atoms with E-state index in [2.05, 4.69) is 0 Å². The van der Waals surface area contributed by atoms with Crippen LogP contribution in [0.3, 0.4) is 0 Å². The summed E-state index contributed by atoms with van der Waals surface area (Å²) in [5.41, 5.74) is 4.31. The molecule has 2 aromatic carbocycles. The van der Waals surface area contributed by atoms with E-state index in [1.165, 1.54) is 30.6 Å². The van der Waals surface area contributed by atoms with Gasteiger partial charge in [-0.25, -0.2) is 9.18 Å². The van der Waals surface area contributed by atoms with E-state index < -0.39 is 11.8 Å². The van der Waals surface area contributed by atoms with Gasteiger partial charge in [-0.05, 0) is 66.7 Å². The number of benzene rings is 2. The average Bonchev–Trinajstić information content (AvgIpc) is 2.92. The summed E-state index contributed by atoms with van der Waals surface area (Å²) in [6, 6.07) is 11.9. The number of aromatic hydroxyl groups is 1. The van der Waals surface area contributed by atoms with Gasteiger partial charge < -0.3 is 10.2 Å². The van der Waals surface area contributed by atoms with Crippen molar-refractivity contribution in [3.63, 3.8) is 0 Å². The zero-order valence-corrected chi connectivity index (χ0v) is 15.1. The van der Waals surface area contributed by atoms with E-state index in [4.69, 9.17) is 5.11 Å². The second-order valence-corrected chi connectivity index (χ2v) is 6.85. The number of hydrogen-bond acceptors (Lipinski definition) is 2. The molecule has 2 aromatic rings. The maximum Gasteiger partial charge on any atom is 0.328 e. The molecule has 4 heteroatoms. The molecule has 1 saturated carbocycles. The molecule has 1 aliphatic rings. The zero-order valence-electron chi connectivity index (χ0n) is 15.1. The van der Waals surface area contributed by atoms with Gasteiger partial charge in [0, 0.05) is 11.6 Å². The minimum Gasteiger partial charge on any atom is -0.508 e. The first kappa shape index (κ1) is 18.9.